The first-order chi connectivity index (χ1) is 14.6. The van der Waals surface area contributed by atoms with Gasteiger partial charge in [-0.3, -0.25) is 9.79 Å². The molecule has 5 nitrogen and oxygen atoms in total. The zero-order valence-electron chi connectivity index (χ0n) is 17.1. The molecule has 0 fully saturated rings. The number of nitrogens with one attached hydrogen (secondary N) is 1. The number of rotatable bonds is 9. The van der Waals surface area contributed by atoms with Crippen LogP contribution in [0.2, 0.25) is 0 Å². The number of nitrogens with zero attached hydrogens (tertiary/aromatic N) is 1. The minimum absolute atomic E-state index is 0.0982. The highest BCUT2D eigenvalue weighted by molar-refractivity contribution is 5.91. The van der Waals surface area contributed by atoms with Crippen molar-refractivity contribution in [3.8, 4) is 5.75 Å². The van der Waals surface area contributed by atoms with Gasteiger partial charge in [0.25, 0.3) is 0 Å². The first-order valence-corrected chi connectivity index (χ1v) is 9.94. The number of hydrogen-bond donors (Lipinski definition) is 2. The van der Waals surface area contributed by atoms with Crippen molar-refractivity contribution in [1.29, 1.82) is 0 Å². The van der Waals surface area contributed by atoms with Gasteiger partial charge in [0.15, 0.2) is 0 Å². The van der Waals surface area contributed by atoms with Crippen molar-refractivity contribution in [1.82, 2.24) is 5.32 Å². The fourth-order valence-corrected chi connectivity index (χ4v) is 3.13. The number of amides is 1. The second kappa shape index (κ2) is 10.8. The number of carbonyl (C=O) groups is 1. The summed E-state index contributed by atoms with van der Waals surface area (Å²) < 4.78 is 5.17. The standard InChI is InChI=1S/C25H27N3O2/c1-30-22-14-12-20(13-15-22)17-24(29)28-23(16-19-8-4-2-5-9-19)25(26)27-18-21-10-6-3-7-11-21/h2-15,23H,16-18H2,1H3,(H2,26,27)(H,28,29)/t23-/m1/s1. The lowest BCUT2D eigenvalue weighted by Crippen LogP contribution is -2.46. The third kappa shape index (κ3) is 6.48. The van der Waals surface area contributed by atoms with Gasteiger partial charge in [0.1, 0.15) is 11.6 Å². The molecule has 0 unspecified atom stereocenters. The smallest absolute Gasteiger partial charge is 0.225 e. The maximum absolute atomic E-state index is 12.7. The van der Waals surface area contributed by atoms with E-state index in [2.05, 4.69) is 10.3 Å². The van der Waals surface area contributed by atoms with E-state index in [0.29, 0.717) is 18.8 Å². The molecule has 3 rings (SSSR count). The number of benzene rings is 3. The van der Waals surface area contributed by atoms with Crippen LogP contribution in [0.3, 0.4) is 0 Å². The van der Waals surface area contributed by atoms with Crippen molar-refractivity contribution in [3.05, 3.63) is 102 Å². The van der Waals surface area contributed by atoms with Gasteiger partial charge in [0, 0.05) is 0 Å². The van der Waals surface area contributed by atoms with E-state index in [4.69, 9.17) is 10.5 Å². The Labute approximate surface area is 177 Å². The molecule has 0 bridgehead atoms. The third-order valence-electron chi connectivity index (χ3n) is 4.79. The van der Waals surface area contributed by atoms with Crippen LogP contribution in [0.4, 0.5) is 0 Å². The molecule has 3 aromatic carbocycles. The Morgan fingerprint density at radius 1 is 0.900 bits per heavy atom. The summed E-state index contributed by atoms with van der Waals surface area (Å²) in [6.45, 7) is 0.478. The minimum atomic E-state index is -0.373. The van der Waals surface area contributed by atoms with E-state index in [1.54, 1.807) is 7.11 Å². The van der Waals surface area contributed by atoms with Crippen molar-refractivity contribution in [2.75, 3.05) is 7.11 Å². The van der Waals surface area contributed by atoms with Gasteiger partial charge < -0.3 is 15.8 Å². The van der Waals surface area contributed by atoms with Gasteiger partial charge in [-0.1, -0.05) is 72.8 Å². The van der Waals surface area contributed by atoms with E-state index in [9.17, 15) is 4.79 Å². The topological polar surface area (TPSA) is 76.7 Å². The molecule has 0 aliphatic heterocycles. The maximum atomic E-state index is 12.7. The van der Waals surface area contributed by atoms with Gasteiger partial charge in [-0.15, -0.1) is 0 Å². The third-order valence-corrected chi connectivity index (χ3v) is 4.79. The van der Waals surface area contributed by atoms with E-state index in [1.165, 1.54) is 0 Å². The largest absolute Gasteiger partial charge is 0.497 e. The van der Waals surface area contributed by atoms with Gasteiger partial charge in [-0.25, -0.2) is 0 Å². The summed E-state index contributed by atoms with van der Waals surface area (Å²) in [6.07, 6.45) is 0.848. The molecule has 0 saturated carbocycles. The predicted octanol–water partition coefficient (Wildman–Crippen LogP) is 3.52. The molecular weight excluding hydrogens is 374 g/mol. The normalized spacial score (nSPS) is 12.2. The Morgan fingerprint density at radius 2 is 1.50 bits per heavy atom. The van der Waals surface area contributed by atoms with Gasteiger partial charge >= 0.3 is 0 Å². The number of methoxy groups -OCH3 is 1. The molecule has 0 aliphatic carbocycles. The average molecular weight is 402 g/mol. The quantitative estimate of drug-likeness (QED) is 0.425. The summed E-state index contributed by atoms with van der Waals surface area (Å²) in [5.41, 5.74) is 9.38. The van der Waals surface area contributed by atoms with Crippen molar-refractivity contribution in [3.63, 3.8) is 0 Å². The van der Waals surface area contributed by atoms with E-state index in [1.807, 2.05) is 84.9 Å². The Morgan fingerprint density at radius 3 is 2.10 bits per heavy atom. The highest BCUT2D eigenvalue weighted by Crippen LogP contribution is 2.12. The van der Waals surface area contributed by atoms with Crippen LogP contribution in [0.15, 0.2) is 89.9 Å². The van der Waals surface area contributed by atoms with Gasteiger partial charge in [-0.05, 0) is 35.2 Å². The second-order valence-corrected chi connectivity index (χ2v) is 7.06. The molecule has 1 amide bonds. The molecule has 154 valence electrons. The lowest BCUT2D eigenvalue weighted by Gasteiger charge is -2.19. The second-order valence-electron chi connectivity index (χ2n) is 7.06. The number of hydrogen-bond acceptors (Lipinski definition) is 3. The predicted molar refractivity (Wildman–Crippen MR) is 121 cm³/mol. The minimum Gasteiger partial charge on any atom is -0.497 e. The molecule has 0 aliphatic rings. The summed E-state index contributed by atoms with van der Waals surface area (Å²) in [7, 11) is 1.62. The number of amidine groups is 1. The summed E-state index contributed by atoms with van der Waals surface area (Å²) in [6, 6.07) is 27.0. The number of ether oxygens (including phenoxy) is 1. The van der Waals surface area contributed by atoms with Gasteiger partial charge in [0.05, 0.1) is 26.1 Å². The number of aliphatic imine (C=N–C) groups is 1. The van der Waals surface area contributed by atoms with Crippen molar-refractivity contribution in [2.45, 2.75) is 25.4 Å². The lowest BCUT2D eigenvalue weighted by molar-refractivity contribution is -0.120. The van der Waals surface area contributed by atoms with Gasteiger partial charge in [0.2, 0.25) is 5.91 Å². The van der Waals surface area contributed by atoms with Crippen molar-refractivity contribution in [2.24, 2.45) is 10.7 Å². The maximum Gasteiger partial charge on any atom is 0.225 e. The Balaban J connectivity index is 1.70. The fraction of sp³-hybridized carbons (Fsp3) is 0.200. The molecular formula is C25H27N3O2. The summed E-state index contributed by atoms with van der Waals surface area (Å²) >= 11 is 0. The van der Waals surface area contributed by atoms with Crippen LogP contribution >= 0.6 is 0 Å². The van der Waals surface area contributed by atoms with E-state index >= 15 is 0 Å². The molecule has 5 heteroatoms. The van der Waals surface area contributed by atoms with Crippen molar-refractivity contribution >= 4 is 11.7 Å². The van der Waals surface area contributed by atoms with Crippen LogP contribution in [0.1, 0.15) is 16.7 Å². The fourth-order valence-electron chi connectivity index (χ4n) is 3.13. The molecule has 0 aromatic heterocycles. The van der Waals surface area contributed by atoms with E-state index in [0.717, 1.165) is 22.4 Å². The summed E-state index contributed by atoms with van der Waals surface area (Å²) in [4.78, 5) is 17.2. The van der Waals surface area contributed by atoms with Crippen LogP contribution < -0.4 is 15.8 Å². The van der Waals surface area contributed by atoms with Crippen LogP contribution in [-0.4, -0.2) is 24.9 Å². The van der Waals surface area contributed by atoms with Crippen molar-refractivity contribution < 1.29 is 9.53 Å². The first kappa shape index (κ1) is 21.1. The highest BCUT2D eigenvalue weighted by atomic mass is 16.5. The molecule has 0 saturated heterocycles. The van der Waals surface area contributed by atoms with Crippen LogP contribution in [0, 0.1) is 0 Å². The number of carbonyl (C=O) groups excluding carboxylic acids is 1. The molecule has 3 N–H and O–H groups in total. The molecule has 3 aromatic rings. The highest BCUT2D eigenvalue weighted by Gasteiger charge is 2.17. The SMILES string of the molecule is COc1ccc(CC(=O)N[C@H](Cc2ccccc2)C(N)=NCc2ccccc2)cc1. The molecule has 30 heavy (non-hydrogen) atoms. The van der Waals surface area contributed by atoms with Crippen LogP contribution in [0.5, 0.6) is 5.75 Å². The Hall–Kier alpha value is -3.60. The molecule has 0 spiro atoms. The van der Waals surface area contributed by atoms with Gasteiger partial charge in [-0.2, -0.15) is 0 Å². The monoisotopic (exact) mass is 401 g/mol. The molecule has 1 atom stereocenters. The van der Waals surface area contributed by atoms with E-state index in [-0.39, 0.29) is 18.4 Å². The zero-order chi connectivity index (χ0) is 21.2. The Kier molecular flexibility index (Phi) is 7.61. The average Bonchev–Trinajstić information content (AvgIpc) is 2.79. The first-order valence-electron chi connectivity index (χ1n) is 9.94. The summed E-state index contributed by atoms with van der Waals surface area (Å²) in [5.74, 6) is 1.09. The summed E-state index contributed by atoms with van der Waals surface area (Å²) in [5, 5.41) is 3.05. The van der Waals surface area contributed by atoms with E-state index < -0.39 is 0 Å². The molecule has 0 radical (unpaired) electrons. The Bertz CT molecular complexity index is 955. The lowest BCUT2D eigenvalue weighted by atomic mass is 10.0. The molecule has 0 heterocycles. The van der Waals surface area contributed by atoms with Crippen LogP contribution in [0.25, 0.3) is 0 Å². The number of nitrogens with two attached hydrogens (primary N) is 1. The van der Waals surface area contributed by atoms with Crippen LogP contribution in [-0.2, 0) is 24.2 Å². The zero-order valence-corrected chi connectivity index (χ0v) is 17.1.